The SMILES string of the molecule is COc1ccc2c(O)c(N=O)ccc2c1. The molecular formula is C11H9NO3. The summed E-state index contributed by atoms with van der Waals surface area (Å²) < 4.78 is 5.05. The van der Waals surface area contributed by atoms with E-state index in [2.05, 4.69) is 5.18 Å². The zero-order valence-corrected chi connectivity index (χ0v) is 8.10. The summed E-state index contributed by atoms with van der Waals surface area (Å²) in [5.41, 5.74) is 0.0488. The largest absolute Gasteiger partial charge is 0.505 e. The van der Waals surface area contributed by atoms with Crippen molar-refractivity contribution in [2.75, 3.05) is 7.11 Å². The summed E-state index contributed by atoms with van der Waals surface area (Å²) in [5.74, 6) is 0.610. The molecule has 0 bridgehead atoms. The van der Waals surface area contributed by atoms with E-state index in [4.69, 9.17) is 4.74 Å². The highest BCUT2D eigenvalue weighted by Gasteiger charge is 2.06. The van der Waals surface area contributed by atoms with Gasteiger partial charge >= 0.3 is 0 Å². The van der Waals surface area contributed by atoms with E-state index in [-0.39, 0.29) is 11.4 Å². The number of hydrogen-bond donors (Lipinski definition) is 1. The van der Waals surface area contributed by atoms with E-state index in [1.165, 1.54) is 6.07 Å². The van der Waals surface area contributed by atoms with Crippen LogP contribution in [0.4, 0.5) is 5.69 Å². The van der Waals surface area contributed by atoms with Crippen LogP contribution < -0.4 is 4.74 Å². The van der Waals surface area contributed by atoms with Gasteiger partial charge in [0.1, 0.15) is 11.4 Å². The minimum atomic E-state index is -0.0925. The molecule has 0 spiro atoms. The fourth-order valence-corrected chi connectivity index (χ4v) is 1.48. The van der Waals surface area contributed by atoms with Crippen molar-refractivity contribution in [2.45, 2.75) is 0 Å². The Morgan fingerprint density at radius 1 is 1.27 bits per heavy atom. The Balaban J connectivity index is 2.73. The van der Waals surface area contributed by atoms with Crippen molar-refractivity contribution in [2.24, 2.45) is 5.18 Å². The monoisotopic (exact) mass is 203 g/mol. The predicted molar refractivity (Wildman–Crippen MR) is 57.6 cm³/mol. The number of nitrogens with zero attached hydrogens (tertiary/aromatic N) is 1. The van der Waals surface area contributed by atoms with Crippen molar-refractivity contribution in [1.82, 2.24) is 0 Å². The number of phenols is 1. The lowest BCUT2D eigenvalue weighted by molar-refractivity contribution is 0.415. The Hall–Kier alpha value is -2.10. The molecule has 0 saturated heterocycles. The molecule has 2 rings (SSSR count). The van der Waals surface area contributed by atoms with Crippen LogP contribution in [0.1, 0.15) is 0 Å². The highest BCUT2D eigenvalue weighted by atomic mass is 16.5. The molecule has 0 aliphatic rings. The van der Waals surface area contributed by atoms with E-state index >= 15 is 0 Å². The Morgan fingerprint density at radius 3 is 2.73 bits per heavy atom. The van der Waals surface area contributed by atoms with Crippen LogP contribution in [0.2, 0.25) is 0 Å². The van der Waals surface area contributed by atoms with Crippen LogP contribution >= 0.6 is 0 Å². The van der Waals surface area contributed by atoms with Gasteiger partial charge in [-0.3, -0.25) is 0 Å². The molecule has 0 aliphatic carbocycles. The molecule has 76 valence electrons. The summed E-state index contributed by atoms with van der Waals surface area (Å²) in [5, 5.41) is 13.8. The number of rotatable bonds is 2. The lowest BCUT2D eigenvalue weighted by atomic mass is 10.1. The van der Waals surface area contributed by atoms with E-state index in [9.17, 15) is 10.0 Å². The smallest absolute Gasteiger partial charge is 0.152 e. The number of benzene rings is 2. The Kier molecular flexibility index (Phi) is 2.25. The van der Waals surface area contributed by atoms with E-state index in [0.29, 0.717) is 11.1 Å². The predicted octanol–water partition coefficient (Wildman–Crippen LogP) is 2.95. The third-order valence-corrected chi connectivity index (χ3v) is 2.28. The third-order valence-electron chi connectivity index (χ3n) is 2.28. The first-order valence-corrected chi connectivity index (χ1v) is 4.39. The first-order valence-electron chi connectivity index (χ1n) is 4.39. The molecule has 0 atom stereocenters. The lowest BCUT2D eigenvalue weighted by Crippen LogP contribution is -1.82. The standard InChI is InChI=1S/C11H9NO3/c1-15-8-3-4-9-7(6-8)2-5-10(12-14)11(9)13/h2-6,13H,1H3. The summed E-state index contributed by atoms with van der Waals surface area (Å²) in [6.07, 6.45) is 0. The molecule has 2 aromatic rings. The maximum Gasteiger partial charge on any atom is 0.152 e. The summed E-state index contributed by atoms with van der Waals surface area (Å²) in [6, 6.07) is 8.39. The number of hydrogen-bond acceptors (Lipinski definition) is 4. The van der Waals surface area contributed by atoms with Crippen molar-refractivity contribution < 1.29 is 9.84 Å². The first-order chi connectivity index (χ1) is 7.26. The van der Waals surface area contributed by atoms with Crippen LogP contribution in [-0.2, 0) is 0 Å². The number of aromatic hydroxyl groups is 1. The Bertz CT molecular complexity index is 522. The normalized spacial score (nSPS) is 10.2. The van der Waals surface area contributed by atoms with Gasteiger partial charge in [-0.25, -0.2) is 0 Å². The molecule has 4 heteroatoms. The molecule has 0 unspecified atom stereocenters. The molecule has 15 heavy (non-hydrogen) atoms. The lowest BCUT2D eigenvalue weighted by Gasteiger charge is -2.04. The van der Waals surface area contributed by atoms with Crippen LogP contribution in [0.3, 0.4) is 0 Å². The summed E-state index contributed by atoms with van der Waals surface area (Å²) in [7, 11) is 1.57. The second-order valence-electron chi connectivity index (χ2n) is 3.11. The van der Waals surface area contributed by atoms with Gasteiger partial charge in [-0.1, -0.05) is 6.07 Å². The van der Waals surface area contributed by atoms with Crippen molar-refractivity contribution in [3.63, 3.8) is 0 Å². The van der Waals surface area contributed by atoms with Crippen LogP contribution in [0.5, 0.6) is 11.5 Å². The molecule has 0 heterocycles. The van der Waals surface area contributed by atoms with Gasteiger partial charge in [-0.05, 0) is 34.8 Å². The van der Waals surface area contributed by atoms with Gasteiger partial charge in [0, 0.05) is 5.39 Å². The molecule has 0 aromatic heterocycles. The van der Waals surface area contributed by atoms with Crippen LogP contribution in [0, 0.1) is 4.91 Å². The first kappa shape index (κ1) is 9.45. The van der Waals surface area contributed by atoms with E-state index in [1.807, 2.05) is 0 Å². The molecule has 4 nitrogen and oxygen atoms in total. The number of methoxy groups -OCH3 is 1. The maximum atomic E-state index is 10.4. The van der Waals surface area contributed by atoms with Crippen molar-refractivity contribution >= 4 is 16.5 Å². The number of phenolic OH excluding ortho intramolecular Hbond substituents is 1. The van der Waals surface area contributed by atoms with Gasteiger partial charge < -0.3 is 9.84 Å². The minimum Gasteiger partial charge on any atom is -0.505 e. The Morgan fingerprint density at radius 2 is 2.07 bits per heavy atom. The van der Waals surface area contributed by atoms with Crippen molar-refractivity contribution in [3.8, 4) is 11.5 Å². The van der Waals surface area contributed by atoms with E-state index < -0.39 is 0 Å². The quantitative estimate of drug-likeness (QED) is 0.763. The molecule has 0 radical (unpaired) electrons. The fraction of sp³-hybridized carbons (Fsp3) is 0.0909. The van der Waals surface area contributed by atoms with Gasteiger partial charge in [0.25, 0.3) is 0 Å². The minimum absolute atomic E-state index is 0.0488. The van der Waals surface area contributed by atoms with E-state index in [1.54, 1.807) is 31.4 Å². The Labute approximate surface area is 86.1 Å². The van der Waals surface area contributed by atoms with Crippen molar-refractivity contribution in [3.05, 3.63) is 35.2 Å². The second kappa shape index (κ2) is 3.57. The molecular weight excluding hydrogens is 194 g/mol. The number of nitroso groups, excluding NO2 is 1. The summed E-state index contributed by atoms with van der Waals surface area (Å²) in [4.78, 5) is 10.4. The third kappa shape index (κ3) is 1.50. The summed E-state index contributed by atoms with van der Waals surface area (Å²) >= 11 is 0. The average Bonchev–Trinajstić information content (AvgIpc) is 2.29. The maximum absolute atomic E-state index is 10.4. The van der Waals surface area contributed by atoms with Crippen molar-refractivity contribution in [1.29, 1.82) is 0 Å². The zero-order valence-electron chi connectivity index (χ0n) is 8.10. The molecule has 0 amide bonds. The van der Waals surface area contributed by atoms with Gasteiger partial charge in [0.2, 0.25) is 0 Å². The molecule has 2 aromatic carbocycles. The fourth-order valence-electron chi connectivity index (χ4n) is 1.48. The summed E-state index contributed by atoms with van der Waals surface area (Å²) in [6.45, 7) is 0. The van der Waals surface area contributed by atoms with Crippen LogP contribution in [0.15, 0.2) is 35.5 Å². The van der Waals surface area contributed by atoms with E-state index in [0.717, 1.165) is 5.39 Å². The topological polar surface area (TPSA) is 58.9 Å². The van der Waals surface area contributed by atoms with Gasteiger partial charge in [0.15, 0.2) is 5.75 Å². The van der Waals surface area contributed by atoms with Gasteiger partial charge in [0.05, 0.1) is 7.11 Å². The molecule has 0 fully saturated rings. The molecule has 1 N–H and O–H groups in total. The second-order valence-corrected chi connectivity index (χ2v) is 3.11. The van der Waals surface area contributed by atoms with Crippen LogP contribution in [0.25, 0.3) is 10.8 Å². The number of fused-ring (bicyclic) bond motifs is 1. The van der Waals surface area contributed by atoms with Crippen LogP contribution in [-0.4, -0.2) is 12.2 Å². The molecule has 0 saturated carbocycles. The zero-order chi connectivity index (χ0) is 10.8. The highest BCUT2D eigenvalue weighted by molar-refractivity contribution is 5.93. The van der Waals surface area contributed by atoms with Gasteiger partial charge in [-0.2, -0.15) is 0 Å². The average molecular weight is 203 g/mol. The number of ether oxygens (including phenoxy) is 1. The van der Waals surface area contributed by atoms with Gasteiger partial charge in [-0.15, -0.1) is 4.91 Å². The molecule has 0 aliphatic heterocycles. The highest BCUT2D eigenvalue weighted by Crippen LogP contribution is 2.35.